The van der Waals surface area contributed by atoms with Crippen LogP contribution >= 0.6 is 11.6 Å². The molecule has 0 bridgehead atoms. The van der Waals surface area contributed by atoms with E-state index in [1.165, 1.54) is 24.3 Å². The van der Waals surface area contributed by atoms with Gasteiger partial charge in [-0.1, -0.05) is 36.7 Å². The zero-order valence-corrected chi connectivity index (χ0v) is 22.7. The van der Waals surface area contributed by atoms with Crippen molar-refractivity contribution in [3.8, 4) is 11.5 Å². The van der Waals surface area contributed by atoms with Gasteiger partial charge in [-0.2, -0.15) is 0 Å². The molecule has 3 aromatic carbocycles. The van der Waals surface area contributed by atoms with E-state index in [4.69, 9.17) is 21.1 Å². The lowest BCUT2D eigenvalue weighted by Crippen LogP contribution is -2.41. The Balaban J connectivity index is 1.69. The maximum Gasteiger partial charge on any atom is 0.264 e. The third kappa shape index (κ3) is 8.13. The van der Waals surface area contributed by atoms with Crippen molar-refractivity contribution in [2.45, 2.75) is 38.0 Å². The molecule has 198 valence electrons. The van der Waals surface area contributed by atoms with Gasteiger partial charge in [-0.05, 0) is 86.3 Å². The summed E-state index contributed by atoms with van der Waals surface area (Å²) in [5, 5.41) is 3.27. The number of nitrogens with zero attached hydrogens (tertiary/aromatic N) is 1. The van der Waals surface area contributed by atoms with E-state index >= 15 is 0 Å². The van der Waals surface area contributed by atoms with Crippen molar-refractivity contribution in [1.82, 2.24) is 5.32 Å². The second kappa shape index (κ2) is 13.9. The van der Waals surface area contributed by atoms with Crippen LogP contribution in [0.4, 0.5) is 5.69 Å². The van der Waals surface area contributed by atoms with Crippen molar-refractivity contribution < 1.29 is 22.7 Å². The van der Waals surface area contributed by atoms with Crippen LogP contribution < -0.4 is 19.1 Å². The van der Waals surface area contributed by atoms with Gasteiger partial charge in [-0.15, -0.1) is 0 Å². The van der Waals surface area contributed by atoms with Crippen LogP contribution in [0.25, 0.3) is 0 Å². The van der Waals surface area contributed by atoms with Gasteiger partial charge < -0.3 is 14.8 Å². The largest absolute Gasteiger partial charge is 0.494 e. The summed E-state index contributed by atoms with van der Waals surface area (Å²) in [6.45, 7) is 5.10. The molecule has 0 saturated heterocycles. The first kappa shape index (κ1) is 28.3. The zero-order valence-electron chi connectivity index (χ0n) is 21.2. The standard InChI is InChI=1S/C28H33ClN2O5S/c1-3-20-36-27-10-6-5-8-22(27)9-7-19-30-28(32)21-31(24-13-15-25(16-14-24)35-4-2)37(33,34)26-17-11-23(29)12-18-26/h5-6,8,10-18H,3-4,7,9,19-21H2,1-2H3,(H,30,32). The first-order chi connectivity index (χ1) is 17.8. The Morgan fingerprint density at radius 3 is 2.32 bits per heavy atom. The highest BCUT2D eigenvalue weighted by atomic mass is 35.5. The summed E-state index contributed by atoms with van der Waals surface area (Å²) in [7, 11) is -4.02. The predicted octanol–water partition coefficient (Wildman–Crippen LogP) is 5.47. The molecule has 0 fully saturated rings. The van der Waals surface area contributed by atoms with Crippen molar-refractivity contribution in [2.75, 3.05) is 30.6 Å². The molecule has 0 aliphatic rings. The molecule has 0 spiro atoms. The Hall–Kier alpha value is -3.23. The molecule has 1 amide bonds. The van der Waals surface area contributed by atoms with E-state index in [2.05, 4.69) is 12.2 Å². The number of hydrogen-bond acceptors (Lipinski definition) is 5. The summed E-state index contributed by atoms with van der Waals surface area (Å²) in [5.74, 6) is 1.07. The highest BCUT2D eigenvalue weighted by molar-refractivity contribution is 7.92. The molecule has 0 aliphatic heterocycles. The van der Waals surface area contributed by atoms with E-state index in [1.54, 1.807) is 24.3 Å². The summed E-state index contributed by atoms with van der Waals surface area (Å²) in [4.78, 5) is 12.9. The molecule has 1 N–H and O–H groups in total. The summed E-state index contributed by atoms with van der Waals surface area (Å²) in [5.41, 5.74) is 1.43. The number of carbonyl (C=O) groups is 1. The molecule has 3 aromatic rings. The average molecular weight is 545 g/mol. The molecule has 0 aromatic heterocycles. The highest BCUT2D eigenvalue weighted by Crippen LogP contribution is 2.26. The lowest BCUT2D eigenvalue weighted by Gasteiger charge is -2.24. The Bertz CT molecular complexity index is 1250. The first-order valence-electron chi connectivity index (χ1n) is 12.3. The molecular formula is C28H33ClN2O5S. The van der Waals surface area contributed by atoms with Gasteiger partial charge in [0.05, 0.1) is 23.8 Å². The molecule has 3 rings (SSSR count). The van der Waals surface area contributed by atoms with Gasteiger partial charge in [-0.25, -0.2) is 8.42 Å². The highest BCUT2D eigenvalue weighted by Gasteiger charge is 2.27. The van der Waals surface area contributed by atoms with Gasteiger partial charge in [0.2, 0.25) is 5.91 Å². The number of carbonyl (C=O) groups excluding carboxylic acids is 1. The van der Waals surface area contributed by atoms with Crippen LogP contribution in [0, 0.1) is 0 Å². The lowest BCUT2D eigenvalue weighted by atomic mass is 10.1. The molecule has 0 radical (unpaired) electrons. The number of para-hydroxylation sites is 1. The summed E-state index contributed by atoms with van der Waals surface area (Å²) < 4.78 is 39.3. The number of nitrogens with one attached hydrogen (secondary N) is 1. The number of ether oxygens (including phenoxy) is 2. The third-order valence-corrected chi connectivity index (χ3v) is 7.54. The maximum atomic E-state index is 13.5. The van der Waals surface area contributed by atoms with E-state index < -0.39 is 15.9 Å². The van der Waals surface area contributed by atoms with Crippen molar-refractivity contribution in [3.05, 3.63) is 83.4 Å². The fourth-order valence-electron chi connectivity index (χ4n) is 3.68. The van der Waals surface area contributed by atoms with Gasteiger partial charge in [0.15, 0.2) is 0 Å². The van der Waals surface area contributed by atoms with E-state index in [1.807, 2.05) is 31.2 Å². The third-order valence-electron chi connectivity index (χ3n) is 5.50. The van der Waals surface area contributed by atoms with Gasteiger partial charge in [0.1, 0.15) is 18.0 Å². The minimum Gasteiger partial charge on any atom is -0.494 e. The molecule has 37 heavy (non-hydrogen) atoms. The van der Waals surface area contributed by atoms with Crippen LogP contribution in [0.1, 0.15) is 32.3 Å². The molecule has 0 heterocycles. The fourth-order valence-corrected chi connectivity index (χ4v) is 5.23. The number of rotatable bonds is 14. The predicted molar refractivity (Wildman–Crippen MR) is 147 cm³/mol. The van der Waals surface area contributed by atoms with Crippen LogP contribution in [0.2, 0.25) is 5.02 Å². The summed E-state index contributed by atoms with van der Waals surface area (Å²) in [6.07, 6.45) is 2.34. The molecule has 9 heteroatoms. The van der Waals surface area contributed by atoms with Gasteiger partial charge in [-0.3, -0.25) is 9.10 Å². The average Bonchev–Trinajstić information content (AvgIpc) is 2.90. The second-order valence-electron chi connectivity index (χ2n) is 8.30. The van der Waals surface area contributed by atoms with Crippen LogP contribution in [0.5, 0.6) is 11.5 Å². The van der Waals surface area contributed by atoms with Crippen LogP contribution in [0.3, 0.4) is 0 Å². The maximum absolute atomic E-state index is 13.5. The lowest BCUT2D eigenvalue weighted by molar-refractivity contribution is -0.119. The molecule has 0 saturated carbocycles. The van der Waals surface area contributed by atoms with Gasteiger partial charge in [0.25, 0.3) is 10.0 Å². The molecule has 0 aliphatic carbocycles. The number of sulfonamides is 1. The summed E-state index contributed by atoms with van der Waals surface area (Å²) >= 11 is 5.95. The number of halogens is 1. The Labute approximate surface area is 224 Å². The number of hydrogen-bond donors (Lipinski definition) is 1. The molecule has 0 atom stereocenters. The quantitative estimate of drug-likeness (QED) is 0.272. The van der Waals surface area contributed by atoms with Crippen LogP contribution in [0.15, 0.2) is 77.7 Å². The monoisotopic (exact) mass is 544 g/mol. The number of benzene rings is 3. The van der Waals surface area contributed by atoms with Crippen molar-refractivity contribution in [3.63, 3.8) is 0 Å². The smallest absolute Gasteiger partial charge is 0.264 e. The molecule has 7 nitrogen and oxygen atoms in total. The van der Waals surface area contributed by atoms with Crippen LogP contribution in [-0.2, 0) is 21.2 Å². The van der Waals surface area contributed by atoms with Crippen molar-refractivity contribution in [2.24, 2.45) is 0 Å². The summed E-state index contributed by atoms with van der Waals surface area (Å²) in [6, 6.07) is 20.3. The number of amides is 1. The molecular weight excluding hydrogens is 512 g/mol. The number of aryl methyl sites for hydroxylation is 1. The van der Waals surface area contributed by atoms with E-state index in [0.717, 1.165) is 28.5 Å². The topological polar surface area (TPSA) is 84.9 Å². The van der Waals surface area contributed by atoms with E-state index in [9.17, 15) is 13.2 Å². The molecule has 0 unspecified atom stereocenters. The Morgan fingerprint density at radius 2 is 1.65 bits per heavy atom. The zero-order chi connectivity index (χ0) is 26.7. The SMILES string of the molecule is CCCOc1ccccc1CCCNC(=O)CN(c1ccc(OCC)cc1)S(=O)(=O)c1ccc(Cl)cc1. The Kier molecular flexibility index (Phi) is 10.7. The second-order valence-corrected chi connectivity index (χ2v) is 10.6. The van der Waals surface area contributed by atoms with E-state index in [0.29, 0.717) is 42.6 Å². The van der Waals surface area contributed by atoms with Crippen molar-refractivity contribution >= 4 is 33.2 Å². The van der Waals surface area contributed by atoms with Gasteiger partial charge in [0, 0.05) is 11.6 Å². The number of anilines is 1. The van der Waals surface area contributed by atoms with Crippen LogP contribution in [-0.4, -0.2) is 40.6 Å². The Morgan fingerprint density at radius 1 is 0.946 bits per heavy atom. The minimum atomic E-state index is -4.02. The van der Waals surface area contributed by atoms with E-state index in [-0.39, 0.29) is 11.4 Å². The fraction of sp³-hybridized carbons (Fsp3) is 0.321. The van der Waals surface area contributed by atoms with Gasteiger partial charge >= 0.3 is 0 Å². The minimum absolute atomic E-state index is 0.0438. The normalized spacial score (nSPS) is 11.1. The first-order valence-corrected chi connectivity index (χ1v) is 14.2. The van der Waals surface area contributed by atoms with Crippen molar-refractivity contribution in [1.29, 1.82) is 0 Å².